The van der Waals surface area contributed by atoms with Gasteiger partial charge in [-0.05, 0) is 36.8 Å². The number of halogens is 1. The van der Waals surface area contributed by atoms with E-state index in [4.69, 9.17) is 0 Å². The summed E-state index contributed by atoms with van der Waals surface area (Å²) in [5, 5.41) is 10.2. The van der Waals surface area contributed by atoms with Crippen LogP contribution >= 0.6 is 15.9 Å². The summed E-state index contributed by atoms with van der Waals surface area (Å²) < 4.78 is 1.000. The first-order valence-corrected chi connectivity index (χ1v) is 6.53. The van der Waals surface area contributed by atoms with E-state index in [2.05, 4.69) is 42.8 Å². The molecule has 1 aromatic carbocycles. The van der Waals surface area contributed by atoms with Crippen LogP contribution in [0.3, 0.4) is 0 Å². The Morgan fingerprint density at radius 1 is 1.31 bits per heavy atom. The molecule has 0 saturated heterocycles. The number of hydrogen-bond acceptors (Lipinski definition) is 1. The lowest BCUT2D eigenvalue weighted by Crippen LogP contribution is -2.08. The van der Waals surface area contributed by atoms with Crippen molar-refractivity contribution >= 4 is 15.9 Å². The molecule has 0 aliphatic heterocycles. The Morgan fingerprint density at radius 3 is 2.50 bits per heavy atom. The van der Waals surface area contributed by atoms with Crippen LogP contribution < -0.4 is 0 Å². The van der Waals surface area contributed by atoms with Crippen molar-refractivity contribution in [2.75, 3.05) is 0 Å². The molecule has 0 aliphatic rings. The lowest BCUT2D eigenvalue weighted by molar-refractivity contribution is 0.147. The second-order valence-electron chi connectivity index (χ2n) is 5.64. The monoisotopic (exact) mass is 284 g/mol. The fourth-order valence-electron chi connectivity index (χ4n) is 1.64. The third-order valence-electron chi connectivity index (χ3n) is 2.68. The van der Waals surface area contributed by atoms with Crippen LogP contribution in [0.1, 0.15) is 50.8 Å². The molecule has 0 spiro atoms. The Balaban J connectivity index is 2.73. The number of aliphatic hydroxyl groups excluding tert-OH is 1. The summed E-state index contributed by atoms with van der Waals surface area (Å²) in [4.78, 5) is 0. The van der Waals surface area contributed by atoms with Crippen LogP contribution in [-0.4, -0.2) is 5.11 Å². The summed E-state index contributed by atoms with van der Waals surface area (Å²) >= 11 is 3.49. The second kappa shape index (κ2) is 5.33. The molecule has 0 saturated carbocycles. The summed E-state index contributed by atoms with van der Waals surface area (Å²) in [7, 11) is 0. The first-order valence-electron chi connectivity index (χ1n) is 5.74. The summed E-state index contributed by atoms with van der Waals surface area (Å²) in [6.45, 7) is 8.65. The van der Waals surface area contributed by atoms with Gasteiger partial charge in [0.15, 0.2) is 0 Å². The highest BCUT2D eigenvalue weighted by Crippen LogP contribution is 2.31. The van der Waals surface area contributed by atoms with Gasteiger partial charge in [0.1, 0.15) is 0 Å². The number of aliphatic hydroxyl groups is 1. The summed E-state index contributed by atoms with van der Waals surface area (Å²) in [5.74, 6) is 0. The molecule has 0 amide bonds. The zero-order valence-electron chi connectivity index (χ0n) is 10.5. The van der Waals surface area contributed by atoms with Gasteiger partial charge in [-0.1, -0.05) is 54.4 Å². The molecule has 2 heteroatoms. The molecule has 0 bridgehead atoms. The highest BCUT2D eigenvalue weighted by atomic mass is 79.9. The molecule has 1 aromatic rings. The maximum Gasteiger partial charge on any atom is 0.0801 e. The van der Waals surface area contributed by atoms with Crippen LogP contribution in [0.15, 0.2) is 22.7 Å². The van der Waals surface area contributed by atoms with Crippen molar-refractivity contribution in [3.63, 3.8) is 0 Å². The molecule has 1 nitrogen and oxygen atoms in total. The lowest BCUT2D eigenvalue weighted by atomic mass is 9.88. The van der Waals surface area contributed by atoms with Crippen LogP contribution in [0.4, 0.5) is 0 Å². The topological polar surface area (TPSA) is 20.2 Å². The average Bonchev–Trinajstić information content (AvgIpc) is 2.17. The molecule has 1 N–H and O–H groups in total. The van der Waals surface area contributed by atoms with Crippen molar-refractivity contribution in [2.45, 2.75) is 46.6 Å². The fraction of sp³-hybridized carbons (Fsp3) is 0.571. The molecule has 1 atom stereocenters. The van der Waals surface area contributed by atoms with E-state index in [1.807, 2.05) is 19.1 Å². The van der Waals surface area contributed by atoms with Crippen molar-refractivity contribution in [1.29, 1.82) is 0 Å². The summed E-state index contributed by atoms with van der Waals surface area (Å²) in [6, 6.07) is 6.10. The molecule has 0 radical (unpaired) electrons. The van der Waals surface area contributed by atoms with E-state index in [9.17, 15) is 5.11 Å². The molecule has 0 aliphatic carbocycles. The highest BCUT2D eigenvalue weighted by molar-refractivity contribution is 9.10. The predicted octanol–water partition coefficient (Wildman–Crippen LogP) is 4.62. The summed E-state index contributed by atoms with van der Waals surface area (Å²) in [6.07, 6.45) is 1.47. The Bertz CT molecular complexity index is 352. The zero-order valence-corrected chi connectivity index (χ0v) is 12.1. The van der Waals surface area contributed by atoms with E-state index in [1.54, 1.807) is 0 Å². The van der Waals surface area contributed by atoms with Crippen LogP contribution in [-0.2, 0) is 0 Å². The molecule has 0 aromatic heterocycles. The van der Waals surface area contributed by atoms with Gasteiger partial charge in [0.25, 0.3) is 0 Å². The quantitative estimate of drug-likeness (QED) is 0.859. The Hall–Kier alpha value is -0.340. The molecule has 0 fully saturated rings. The molecular weight excluding hydrogens is 264 g/mol. The van der Waals surface area contributed by atoms with E-state index in [1.165, 1.54) is 5.56 Å². The number of hydrogen-bond donors (Lipinski definition) is 1. The van der Waals surface area contributed by atoms with Gasteiger partial charge in [0.2, 0.25) is 0 Å². The Kier molecular flexibility index (Phi) is 4.57. The minimum Gasteiger partial charge on any atom is -0.388 e. The van der Waals surface area contributed by atoms with E-state index in [0.29, 0.717) is 0 Å². The van der Waals surface area contributed by atoms with Crippen molar-refractivity contribution in [3.05, 3.63) is 33.8 Å². The molecule has 0 heterocycles. The van der Waals surface area contributed by atoms with Crippen LogP contribution in [0.5, 0.6) is 0 Å². The van der Waals surface area contributed by atoms with Crippen molar-refractivity contribution in [2.24, 2.45) is 5.41 Å². The molecule has 1 rings (SSSR count). The fourth-order valence-corrected chi connectivity index (χ4v) is 2.15. The first kappa shape index (κ1) is 13.7. The standard InChI is InChI=1S/C14H21BrO/c1-10-5-6-12(15)11(9-10)13(16)7-8-14(2,3)4/h5-6,9,13,16H,7-8H2,1-4H3. The van der Waals surface area contributed by atoms with E-state index < -0.39 is 0 Å². The normalized spacial score (nSPS) is 13.9. The van der Waals surface area contributed by atoms with E-state index >= 15 is 0 Å². The smallest absolute Gasteiger partial charge is 0.0801 e. The average molecular weight is 285 g/mol. The molecule has 90 valence electrons. The highest BCUT2D eigenvalue weighted by Gasteiger charge is 2.16. The van der Waals surface area contributed by atoms with Gasteiger partial charge in [0, 0.05) is 4.47 Å². The lowest BCUT2D eigenvalue weighted by Gasteiger charge is -2.21. The van der Waals surface area contributed by atoms with Gasteiger partial charge in [-0.2, -0.15) is 0 Å². The second-order valence-corrected chi connectivity index (χ2v) is 6.49. The van der Waals surface area contributed by atoms with Crippen molar-refractivity contribution in [3.8, 4) is 0 Å². The van der Waals surface area contributed by atoms with Crippen LogP contribution in [0.2, 0.25) is 0 Å². The third kappa shape index (κ3) is 4.26. The Morgan fingerprint density at radius 2 is 1.94 bits per heavy atom. The maximum atomic E-state index is 10.2. The largest absolute Gasteiger partial charge is 0.388 e. The zero-order chi connectivity index (χ0) is 12.3. The van der Waals surface area contributed by atoms with E-state index in [-0.39, 0.29) is 11.5 Å². The number of aryl methyl sites for hydroxylation is 1. The Labute approximate surface area is 107 Å². The predicted molar refractivity (Wildman–Crippen MR) is 72.5 cm³/mol. The number of benzene rings is 1. The maximum absolute atomic E-state index is 10.2. The van der Waals surface area contributed by atoms with Gasteiger partial charge in [0.05, 0.1) is 6.10 Å². The first-order chi connectivity index (χ1) is 7.29. The van der Waals surface area contributed by atoms with Crippen LogP contribution in [0, 0.1) is 12.3 Å². The van der Waals surface area contributed by atoms with E-state index in [0.717, 1.165) is 22.9 Å². The van der Waals surface area contributed by atoms with Crippen molar-refractivity contribution < 1.29 is 5.11 Å². The minimum atomic E-state index is -0.367. The SMILES string of the molecule is Cc1ccc(Br)c(C(O)CCC(C)(C)C)c1. The van der Waals surface area contributed by atoms with Gasteiger partial charge in [-0.25, -0.2) is 0 Å². The molecular formula is C14H21BrO. The van der Waals surface area contributed by atoms with Crippen LogP contribution in [0.25, 0.3) is 0 Å². The third-order valence-corrected chi connectivity index (χ3v) is 3.40. The minimum absolute atomic E-state index is 0.275. The number of rotatable bonds is 3. The summed E-state index contributed by atoms with van der Waals surface area (Å²) in [5.41, 5.74) is 2.47. The van der Waals surface area contributed by atoms with Crippen molar-refractivity contribution in [1.82, 2.24) is 0 Å². The molecule has 1 unspecified atom stereocenters. The van der Waals surface area contributed by atoms with Gasteiger partial charge >= 0.3 is 0 Å². The molecule has 16 heavy (non-hydrogen) atoms. The van der Waals surface area contributed by atoms with Gasteiger partial charge < -0.3 is 5.11 Å². The van der Waals surface area contributed by atoms with Gasteiger partial charge in [-0.3, -0.25) is 0 Å². The van der Waals surface area contributed by atoms with Gasteiger partial charge in [-0.15, -0.1) is 0 Å².